The van der Waals surface area contributed by atoms with Crippen LogP contribution in [0.1, 0.15) is 16.1 Å². The van der Waals surface area contributed by atoms with E-state index in [0.29, 0.717) is 31.8 Å². The minimum absolute atomic E-state index is 0.141. The number of nitrogens with one attached hydrogen (secondary N) is 1. The van der Waals surface area contributed by atoms with Gasteiger partial charge in [-0.3, -0.25) is 4.79 Å². The molecule has 0 fully saturated rings. The van der Waals surface area contributed by atoms with E-state index in [0.717, 1.165) is 27.5 Å². The van der Waals surface area contributed by atoms with E-state index in [-0.39, 0.29) is 11.7 Å². The Morgan fingerprint density at radius 1 is 1.10 bits per heavy atom. The molecule has 0 saturated heterocycles. The summed E-state index contributed by atoms with van der Waals surface area (Å²) in [5.74, 6) is -0.404. The van der Waals surface area contributed by atoms with Crippen LogP contribution in [0.5, 0.6) is 0 Å². The fraction of sp³-hybridized carbons (Fsp3) is 0.261. The Bertz CT molecular complexity index is 1180. The van der Waals surface area contributed by atoms with Crippen LogP contribution in [0.3, 0.4) is 0 Å². The van der Waals surface area contributed by atoms with Crippen molar-refractivity contribution >= 4 is 27.8 Å². The van der Waals surface area contributed by atoms with Gasteiger partial charge in [0.1, 0.15) is 11.5 Å². The van der Waals surface area contributed by atoms with Gasteiger partial charge >= 0.3 is 0 Å². The van der Waals surface area contributed by atoms with E-state index >= 15 is 0 Å². The molecule has 2 aromatic heterocycles. The largest absolute Gasteiger partial charge is 0.383 e. The van der Waals surface area contributed by atoms with E-state index in [1.807, 2.05) is 35.9 Å². The molecular formula is C23H24FN3O2. The third kappa shape index (κ3) is 3.63. The van der Waals surface area contributed by atoms with Crippen LogP contribution in [0, 0.1) is 5.82 Å². The highest BCUT2D eigenvalue weighted by molar-refractivity contribution is 6.10. The predicted molar refractivity (Wildman–Crippen MR) is 113 cm³/mol. The summed E-state index contributed by atoms with van der Waals surface area (Å²) in [6.07, 6.45) is 0.574. The number of aryl methyl sites for hydroxylation is 1. The lowest BCUT2D eigenvalue weighted by Gasteiger charge is -2.11. The predicted octanol–water partition coefficient (Wildman–Crippen LogP) is 3.89. The van der Waals surface area contributed by atoms with Crippen molar-refractivity contribution in [1.82, 2.24) is 14.5 Å². The Hall–Kier alpha value is -3.12. The summed E-state index contributed by atoms with van der Waals surface area (Å²) in [6.45, 7) is 1.53. The molecule has 0 atom stereocenters. The molecule has 1 amide bonds. The highest BCUT2D eigenvalue weighted by Gasteiger charge is 2.20. The summed E-state index contributed by atoms with van der Waals surface area (Å²) in [6, 6.07) is 16.6. The number of methoxy groups -OCH3 is 1. The van der Waals surface area contributed by atoms with Crippen LogP contribution in [0.25, 0.3) is 21.9 Å². The number of ether oxygens (including phenoxy) is 1. The van der Waals surface area contributed by atoms with Gasteiger partial charge in [-0.1, -0.05) is 30.3 Å². The number of halogens is 1. The molecule has 0 aliphatic heterocycles. The third-order valence-corrected chi connectivity index (χ3v) is 5.30. The average molecular weight is 393 g/mol. The Balaban J connectivity index is 1.63. The molecule has 0 aliphatic carbocycles. The molecule has 2 heterocycles. The van der Waals surface area contributed by atoms with Crippen molar-refractivity contribution in [1.29, 1.82) is 0 Å². The van der Waals surface area contributed by atoms with Gasteiger partial charge in [-0.25, -0.2) is 4.39 Å². The standard InChI is InChI=1S/C23H24FN3O2/c1-26-19-9-4-3-8-18(19)22-20(26)15-21(27(22)12-13-29-2)23(28)25-11-10-16-6-5-7-17(24)14-16/h3-9,14-15H,10-13H2,1-2H3,(H,25,28). The minimum atomic E-state index is -0.264. The molecule has 0 radical (unpaired) electrons. The van der Waals surface area contributed by atoms with Crippen molar-refractivity contribution in [3.05, 3.63) is 71.7 Å². The molecule has 0 aliphatic rings. The number of nitrogens with zero attached hydrogens (tertiary/aromatic N) is 2. The van der Waals surface area contributed by atoms with Crippen molar-refractivity contribution in [3.8, 4) is 0 Å². The highest BCUT2D eigenvalue weighted by atomic mass is 19.1. The maximum atomic E-state index is 13.3. The Labute approximate surface area is 168 Å². The van der Waals surface area contributed by atoms with Crippen LogP contribution < -0.4 is 5.32 Å². The summed E-state index contributed by atoms with van der Waals surface area (Å²) < 4.78 is 22.7. The second-order valence-corrected chi connectivity index (χ2v) is 7.12. The number of rotatable bonds is 7. The van der Waals surface area contributed by atoms with E-state index in [9.17, 15) is 9.18 Å². The maximum absolute atomic E-state index is 13.3. The number of hydrogen-bond donors (Lipinski definition) is 1. The minimum Gasteiger partial charge on any atom is -0.383 e. The first-order valence-corrected chi connectivity index (χ1v) is 9.68. The van der Waals surface area contributed by atoms with E-state index in [1.54, 1.807) is 13.2 Å². The van der Waals surface area contributed by atoms with Crippen molar-refractivity contribution in [2.45, 2.75) is 13.0 Å². The Morgan fingerprint density at radius 2 is 1.93 bits per heavy atom. The van der Waals surface area contributed by atoms with Gasteiger partial charge in [-0.15, -0.1) is 0 Å². The van der Waals surface area contributed by atoms with Crippen LogP contribution in [0.15, 0.2) is 54.6 Å². The molecule has 1 N–H and O–H groups in total. The Morgan fingerprint density at radius 3 is 2.72 bits per heavy atom. The zero-order chi connectivity index (χ0) is 20.4. The number of benzene rings is 2. The van der Waals surface area contributed by atoms with E-state index < -0.39 is 0 Å². The first-order valence-electron chi connectivity index (χ1n) is 9.68. The number of aromatic nitrogens is 2. The fourth-order valence-corrected chi connectivity index (χ4v) is 3.88. The smallest absolute Gasteiger partial charge is 0.268 e. The lowest BCUT2D eigenvalue weighted by molar-refractivity contribution is 0.0942. The van der Waals surface area contributed by atoms with Crippen molar-refractivity contribution in [3.63, 3.8) is 0 Å². The molecule has 5 nitrogen and oxygen atoms in total. The van der Waals surface area contributed by atoms with Crippen LogP contribution in [0.2, 0.25) is 0 Å². The lowest BCUT2D eigenvalue weighted by Crippen LogP contribution is -2.28. The molecule has 2 aromatic carbocycles. The lowest BCUT2D eigenvalue weighted by atomic mass is 10.1. The highest BCUT2D eigenvalue weighted by Crippen LogP contribution is 2.31. The van der Waals surface area contributed by atoms with Gasteiger partial charge < -0.3 is 19.2 Å². The van der Waals surface area contributed by atoms with Crippen molar-refractivity contribution in [2.75, 3.05) is 20.3 Å². The molecule has 4 rings (SSSR count). The van der Waals surface area contributed by atoms with Gasteiger partial charge in [-0.2, -0.15) is 0 Å². The fourth-order valence-electron chi connectivity index (χ4n) is 3.88. The second kappa shape index (κ2) is 8.09. The number of para-hydroxylation sites is 1. The number of carbonyl (C=O) groups excluding carboxylic acids is 1. The summed E-state index contributed by atoms with van der Waals surface area (Å²) in [5, 5.41) is 4.08. The zero-order valence-electron chi connectivity index (χ0n) is 16.6. The molecule has 4 aromatic rings. The van der Waals surface area contributed by atoms with Crippen molar-refractivity contribution in [2.24, 2.45) is 7.05 Å². The van der Waals surface area contributed by atoms with Gasteiger partial charge in [0.25, 0.3) is 5.91 Å². The molecule has 0 saturated carbocycles. The van der Waals surface area contributed by atoms with Gasteiger partial charge in [0.2, 0.25) is 0 Å². The molecule has 150 valence electrons. The first kappa shape index (κ1) is 19.2. The van der Waals surface area contributed by atoms with Gasteiger partial charge in [0, 0.05) is 32.6 Å². The second-order valence-electron chi connectivity index (χ2n) is 7.12. The zero-order valence-corrected chi connectivity index (χ0v) is 16.6. The van der Waals surface area contributed by atoms with Gasteiger partial charge in [-0.05, 0) is 36.2 Å². The normalized spacial score (nSPS) is 11.4. The number of hydrogen-bond acceptors (Lipinski definition) is 2. The molecular weight excluding hydrogens is 369 g/mol. The van der Waals surface area contributed by atoms with E-state index in [2.05, 4.69) is 22.0 Å². The number of fused-ring (bicyclic) bond motifs is 3. The molecule has 29 heavy (non-hydrogen) atoms. The van der Waals surface area contributed by atoms with Crippen molar-refractivity contribution < 1.29 is 13.9 Å². The van der Waals surface area contributed by atoms with Crippen LogP contribution in [-0.2, 0) is 24.8 Å². The molecule has 0 unspecified atom stereocenters. The summed E-state index contributed by atoms with van der Waals surface area (Å²) in [5.41, 5.74) is 4.64. The quantitative estimate of drug-likeness (QED) is 0.518. The number of carbonyl (C=O) groups is 1. The molecule has 6 heteroatoms. The van der Waals surface area contributed by atoms with Crippen LogP contribution in [0.4, 0.5) is 4.39 Å². The maximum Gasteiger partial charge on any atom is 0.268 e. The van der Waals surface area contributed by atoms with Crippen LogP contribution in [-0.4, -0.2) is 35.3 Å². The first-order chi connectivity index (χ1) is 14.1. The van der Waals surface area contributed by atoms with Gasteiger partial charge in [0.05, 0.1) is 23.2 Å². The topological polar surface area (TPSA) is 48.2 Å². The monoisotopic (exact) mass is 393 g/mol. The third-order valence-electron chi connectivity index (χ3n) is 5.30. The van der Waals surface area contributed by atoms with E-state index in [1.165, 1.54) is 12.1 Å². The SMILES string of the molecule is COCCn1c(C(=O)NCCc2cccc(F)c2)cc2c1c1ccccc1n2C. The molecule has 0 bridgehead atoms. The average Bonchev–Trinajstić information content (AvgIpc) is 3.23. The summed E-state index contributed by atoms with van der Waals surface area (Å²) in [4.78, 5) is 12.9. The summed E-state index contributed by atoms with van der Waals surface area (Å²) >= 11 is 0. The van der Waals surface area contributed by atoms with Gasteiger partial charge in [0.15, 0.2) is 0 Å². The van der Waals surface area contributed by atoms with E-state index in [4.69, 9.17) is 4.74 Å². The summed E-state index contributed by atoms with van der Waals surface area (Å²) in [7, 11) is 3.67. The molecule has 0 spiro atoms. The number of amides is 1. The Kier molecular flexibility index (Phi) is 5.36. The van der Waals surface area contributed by atoms with Crippen LogP contribution >= 0.6 is 0 Å².